The average Bonchev–Trinajstić information content (AvgIpc) is 2.71. The number of thioether (sulfide) groups is 1. The highest BCUT2D eigenvalue weighted by molar-refractivity contribution is 7.99. The number of nitrogens with two attached hydrogens (primary N) is 1. The molecule has 2 N–H and O–H groups in total. The van der Waals surface area contributed by atoms with E-state index in [9.17, 15) is 19.2 Å². The van der Waals surface area contributed by atoms with Gasteiger partial charge >= 0.3 is 5.69 Å². The van der Waals surface area contributed by atoms with Gasteiger partial charge in [-0.1, -0.05) is 37.7 Å². The molecule has 3 aromatic rings. The van der Waals surface area contributed by atoms with Crippen molar-refractivity contribution in [3.63, 3.8) is 0 Å². The fourth-order valence-electron chi connectivity index (χ4n) is 3.11. The second-order valence-electron chi connectivity index (χ2n) is 7.40. The van der Waals surface area contributed by atoms with E-state index in [-0.39, 0.29) is 28.6 Å². The number of carbonyl (C=O) groups excluding carboxylic acids is 1. The Labute approximate surface area is 176 Å². The number of carbonyl (C=O) groups is 1. The van der Waals surface area contributed by atoms with Crippen LogP contribution in [0.4, 0.5) is 5.82 Å². The molecule has 0 bridgehead atoms. The molecule has 1 aromatic carbocycles. The summed E-state index contributed by atoms with van der Waals surface area (Å²) >= 11 is 1.07. The lowest BCUT2D eigenvalue weighted by atomic mass is 10.2. The van der Waals surface area contributed by atoms with Crippen LogP contribution >= 0.6 is 11.8 Å². The molecular formula is C20H23N5O4S. The number of para-hydroxylation sites is 1. The lowest BCUT2D eigenvalue weighted by Gasteiger charge is -2.15. The number of rotatable bonds is 6. The number of ketones is 1. The number of aromatic nitrogens is 4. The number of fused-ring (bicyclic) bond motifs is 1. The second-order valence-corrected chi connectivity index (χ2v) is 8.34. The molecule has 10 heteroatoms. The van der Waals surface area contributed by atoms with Crippen molar-refractivity contribution in [2.75, 3.05) is 11.5 Å². The van der Waals surface area contributed by atoms with E-state index in [0.29, 0.717) is 22.6 Å². The van der Waals surface area contributed by atoms with Gasteiger partial charge in [-0.15, -0.1) is 0 Å². The molecule has 30 heavy (non-hydrogen) atoms. The van der Waals surface area contributed by atoms with E-state index in [0.717, 1.165) is 20.9 Å². The van der Waals surface area contributed by atoms with Crippen LogP contribution in [-0.4, -0.2) is 30.2 Å². The molecule has 158 valence electrons. The summed E-state index contributed by atoms with van der Waals surface area (Å²) < 4.78 is 3.45. The molecule has 0 saturated heterocycles. The number of Topliss-reactive ketones (excluding diaryl/α,β-unsaturated/α-hetero) is 1. The molecule has 0 amide bonds. The van der Waals surface area contributed by atoms with E-state index in [2.05, 4.69) is 4.98 Å². The summed E-state index contributed by atoms with van der Waals surface area (Å²) in [6, 6.07) is 7.02. The van der Waals surface area contributed by atoms with Crippen LogP contribution in [0.5, 0.6) is 0 Å². The van der Waals surface area contributed by atoms with Crippen molar-refractivity contribution in [3.8, 4) is 0 Å². The van der Waals surface area contributed by atoms with Gasteiger partial charge in [-0.3, -0.25) is 28.1 Å². The summed E-state index contributed by atoms with van der Waals surface area (Å²) in [5.41, 5.74) is 4.63. The van der Waals surface area contributed by atoms with Crippen LogP contribution in [0, 0.1) is 5.92 Å². The second kappa shape index (κ2) is 8.31. The van der Waals surface area contributed by atoms with Gasteiger partial charge in [0.1, 0.15) is 11.4 Å². The fourth-order valence-corrected chi connectivity index (χ4v) is 3.99. The highest BCUT2D eigenvalue weighted by atomic mass is 32.2. The third-order valence-electron chi connectivity index (χ3n) is 4.70. The molecule has 0 fully saturated rings. The minimum absolute atomic E-state index is 0.152. The van der Waals surface area contributed by atoms with Crippen LogP contribution < -0.4 is 22.5 Å². The molecule has 2 aromatic heterocycles. The standard InChI is InChI=1S/C20H23N5O4S/c1-11(2)9-25-17(27)12-7-5-6-8-13(12)22-19(25)30-10-14(26)15-16(21)23(3)20(29)24(4)18(15)28/h5-8,11H,9-10,21H2,1-4H3. The molecular weight excluding hydrogens is 406 g/mol. The quantitative estimate of drug-likeness (QED) is 0.352. The smallest absolute Gasteiger partial charge is 0.332 e. The summed E-state index contributed by atoms with van der Waals surface area (Å²) in [7, 11) is 2.69. The Morgan fingerprint density at radius 3 is 2.43 bits per heavy atom. The maximum atomic E-state index is 12.9. The predicted molar refractivity (Wildman–Crippen MR) is 117 cm³/mol. The first-order valence-electron chi connectivity index (χ1n) is 9.34. The van der Waals surface area contributed by atoms with E-state index in [4.69, 9.17) is 5.73 Å². The number of nitrogen functional groups attached to an aromatic ring is 1. The average molecular weight is 430 g/mol. The number of anilines is 1. The summed E-state index contributed by atoms with van der Waals surface area (Å²) in [4.78, 5) is 54.7. The first kappa shape index (κ1) is 21.6. The van der Waals surface area contributed by atoms with Crippen molar-refractivity contribution in [1.29, 1.82) is 0 Å². The molecule has 3 rings (SSSR count). The molecule has 0 aliphatic carbocycles. The Kier molecular flexibility index (Phi) is 5.97. The molecule has 0 spiro atoms. The zero-order chi connectivity index (χ0) is 22.2. The van der Waals surface area contributed by atoms with Crippen LogP contribution in [0.2, 0.25) is 0 Å². The van der Waals surface area contributed by atoms with E-state index >= 15 is 0 Å². The van der Waals surface area contributed by atoms with Crippen LogP contribution in [0.15, 0.2) is 43.8 Å². The minimum atomic E-state index is -0.743. The van der Waals surface area contributed by atoms with Crippen molar-refractivity contribution < 1.29 is 4.79 Å². The number of benzene rings is 1. The Morgan fingerprint density at radius 1 is 1.10 bits per heavy atom. The Morgan fingerprint density at radius 2 is 1.77 bits per heavy atom. The summed E-state index contributed by atoms with van der Waals surface area (Å²) in [5, 5.41) is 0.894. The first-order chi connectivity index (χ1) is 14.1. The van der Waals surface area contributed by atoms with E-state index in [1.165, 1.54) is 14.1 Å². The third-order valence-corrected chi connectivity index (χ3v) is 5.67. The van der Waals surface area contributed by atoms with Gasteiger partial charge in [-0.25, -0.2) is 9.78 Å². The van der Waals surface area contributed by atoms with E-state index in [1.54, 1.807) is 28.8 Å². The third kappa shape index (κ3) is 3.82. The molecule has 0 aliphatic heterocycles. The van der Waals surface area contributed by atoms with Gasteiger partial charge in [-0.2, -0.15) is 0 Å². The Hall–Kier alpha value is -3.14. The summed E-state index contributed by atoms with van der Waals surface area (Å²) in [6.07, 6.45) is 0. The molecule has 0 aliphatic rings. The predicted octanol–water partition coefficient (Wildman–Crippen LogP) is 1.01. The first-order valence-corrected chi connectivity index (χ1v) is 10.3. The van der Waals surface area contributed by atoms with E-state index < -0.39 is 17.0 Å². The van der Waals surface area contributed by atoms with Crippen molar-refractivity contribution in [3.05, 3.63) is 61.0 Å². The lowest BCUT2D eigenvalue weighted by Crippen LogP contribution is -2.41. The van der Waals surface area contributed by atoms with Gasteiger partial charge in [0, 0.05) is 20.6 Å². The van der Waals surface area contributed by atoms with Crippen molar-refractivity contribution in [2.24, 2.45) is 20.0 Å². The number of hydrogen-bond acceptors (Lipinski definition) is 7. The SMILES string of the molecule is CC(C)Cn1c(SCC(=O)c2c(N)n(C)c(=O)n(C)c2=O)nc2ccccc2c1=O. The van der Waals surface area contributed by atoms with Crippen LogP contribution in [0.1, 0.15) is 24.2 Å². The molecule has 0 saturated carbocycles. The van der Waals surface area contributed by atoms with Gasteiger partial charge in [0.25, 0.3) is 11.1 Å². The van der Waals surface area contributed by atoms with Crippen LogP contribution in [-0.2, 0) is 20.6 Å². The number of hydrogen-bond donors (Lipinski definition) is 1. The lowest BCUT2D eigenvalue weighted by molar-refractivity contribution is 0.102. The minimum Gasteiger partial charge on any atom is -0.384 e. The number of nitrogens with zero attached hydrogens (tertiary/aromatic N) is 4. The van der Waals surface area contributed by atoms with Gasteiger partial charge in [0.05, 0.1) is 16.7 Å². The molecule has 0 atom stereocenters. The zero-order valence-electron chi connectivity index (χ0n) is 17.2. The largest absolute Gasteiger partial charge is 0.384 e. The summed E-state index contributed by atoms with van der Waals surface area (Å²) in [6.45, 7) is 4.41. The van der Waals surface area contributed by atoms with Crippen molar-refractivity contribution in [1.82, 2.24) is 18.7 Å². The fraction of sp³-hybridized carbons (Fsp3) is 0.350. The van der Waals surface area contributed by atoms with Gasteiger partial charge in [0.2, 0.25) is 0 Å². The molecule has 9 nitrogen and oxygen atoms in total. The summed E-state index contributed by atoms with van der Waals surface area (Å²) in [5.74, 6) is -0.681. The van der Waals surface area contributed by atoms with Crippen molar-refractivity contribution in [2.45, 2.75) is 25.5 Å². The monoisotopic (exact) mass is 429 g/mol. The maximum Gasteiger partial charge on any atom is 0.332 e. The molecule has 0 radical (unpaired) electrons. The maximum absolute atomic E-state index is 12.9. The van der Waals surface area contributed by atoms with Crippen LogP contribution in [0.3, 0.4) is 0 Å². The molecule has 0 unspecified atom stereocenters. The van der Waals surface area contributed by atoms with Crippen LogP contribution in [0.25, 0.3) is 10.9 Å². The highest BCUT2D eigenvalue weighted by Gasteiger charge is 2.21. The van der Waals surface area contributed by atoms with Gasteiger partial charge < -0.3 is 5.73 Å². The normalized spacial score (nSPS) is 11.4. The van der Waals surface area contributed by atoms with Gasteiger partial charge in [-0.05, 0) is 18.1 Å². The topological polar surface area (TPSA) is 122 Å². The van der Waals surface area contributed by atoms with Gasteiger partial charge in [0.15, 0.2) is 10.9 Å². The van der Waals surface area contributed by atoms with Crippen molar-refractivity contribution >= 4 is 34.3 Å². The van der Waals surface area contributed by atoms with E-state index in [1.807, 2.05) is 13.8 Å². The zero-order valence-corrected chi connectivity index (χ0v) is 18.0. The highest BCUT2D eigenvalue weighted by Crippen LogP contribution is 2.20. The Balaban J connectivity index is 2.02. The molecule has 2 heterocycles. The Bertz CT molecular complexity index is 1320.